The van der Waals surface area contributed by atoms with Crippen LogP contribution >= 0.6 is 0 Å². The van der Waals surface area contributed by atoms with E-state index in [9.17, 15) is 9.90 Å². The minimum absolute atomic E-state index is 0.000712. The van der Waals surface area contributed by atoms with Crippen LogP contribution < -0.4 is 4.74 Å². The summed E-state index contributed by atoms with van der Waals surface area (Å²) in [5.74, 6) is 0.634. The third kappa shape index (κ3) is 4.17. The molecule has 0 aliphatic heterocycles. The number of nitrogens with zero attached hydrogens (tertiary/aromatic N) is 4. The second-order valence-electron chi connectivity index (χ2n) is 6.46. The number of hydrogen-bond acceptors (Lipinski definition) is 5. The maximum atomic E-state index is 12.4. The van der Waals surface area contributed by atoms with Crippen LogP contribution in [0.2, 0.25) is 0 Å². The number of aliphatic hydroxyl groups is 1. The molecule has 1 aliphatic rings. The molecular formula is C18H24N4O3. The Labute approximate surface area is 147 Å². The highest BCUT2D eigenvalue weighted by Crippen LogP contribution is 2.28. The number of carbonyl (C=O) groups excluding carboxylic acids is 1. The highest BCUT2D eigenvalue weighted by Gasteiger charge is 2.40. The minimum atomic E-state index is -0.707. The van der Waals surface area contributed by atoms with Gasteiger partial charge in [-0.3, -0.25) is 14.5 Å². The zero-order valence-corrected chi connectivity index (χ0v) is 14.6. The molecule has 1 amide bonds. The van der Waals surface area contributed by atoms with Crippen LogP contribution in [0.4, 0.5) is 0 Å². The SMILES string of the molecule is Cc1ccn(CCC(=O)N(C)[C@@H]2CC[C@@H](Oc3cccnc3)[C@@H]2O)n1. The Balaban J connectivity index is 1.53. The largest absolute Gasteiger partial charge is 0.486 e. The Morgan fingerprint density at radius 1 is 1.44 bits per heavy atom. The molecule has 1 aliphatic carbocycles. The van der Waals surface area contributed by atoms with Gasteiger partial charge in [0.2, 0.25) is 5.91 Å². The zero-order chi connectivity index (χ0) is 17.8. The second kappa shape index (κ2) is 7.65. The van der Waals surface area contributed by atoms with Crippen molar-refractivity contribution >= 4 is 5.91 Å². The van der Waals surface area contributed by atoms with Crippen molar-refractivity contribution in [2.24, 2.45) is 0 Å². The molecule has 2 heterocycles. The Morgan fingerprint density at radius 2 is 2.28 bits per heavy atom. The Morgan fingerprint density at radius 3 is 2.96 bits per heavy atom. The van der Waals surface area contributed by atoms with Gasteiger partial charge < -0.3 is 14.7 Å². The first-order chi connectivity index (χ1) is 12.0. The number of pyridine rings is 1. The van der Waals surface area contributed by atoms with Crippen molar-refractivity contribution in [2.75, 3.05) is 7.05 Å². The maximum Gasteiger partial charge on any atom is 0.224 e. The number of ether oxygens (including phenoxy) is 1. The third-order valence-corrected chi connectivity index (χ3v) is 4.66. The van der Waals surface area contributed by atoms with Crippen LogP contribution in [0.5, 0.6) is 5.75 Å². The molecule has 25 heavy (non-hydrogen) atoms. The predicted molar refractivity (Wildman–Crippen MR) is 92.0 cm³/mol. The van der Waals surface area contributed by atoms with Crippen molar-refractivity contribution in [3.05, 3.63) is 42.5 Å². The average molecular weight is 344 g/mol. The van der Waals surface area contributed by atoms with Crippen molar-refractivity contribution < 1.29 is 14.6 Å². The molecule has 7 nitrogen and oxygen atoms in total. The number of carbonyl (C=O) groups is 1. The molecule has 0 bridgehead atoms. The summed E-state index contributed by atoms with van der Waals surface area (Å²) >= 11 is 0. The van der Waals surface area contributed by atoms with Crippen molar-refractivity contribution in [3.63, 3.8) is 0 Å². The number of rotatable bonds is 6. The second-order valence-corrected chi connectivity index (χ2v) is 6.46. The molecule has 3 atom stereocenters. The summed E-state index contributed by atoms with van der Waals surface area (Å²) < 4.78 is 7.58. The fraction of sp³-hybridized carbons (Fsp3) is 0.500. The van der Waals surface area contributed by atoms with Gasteiger partial charge in [0.1, 0.15) is 18.0 Å². The van der Waals surface area contributed by atoms with E-state index in [-0.39, 0.29) is 18.1 Å². The molecule has 0 radical (unpaired) electrons. The van der Waals surface area contributed by atoms with E-state index >= 15 is 0 Å². The molecule has 2 aromatic heterocycles. The van der Waals surface area contributed by atoms with Gasteiger partial charge in [-0.2, -0.15) is 5.10 Å². The lowest BCUT2D eigenvalue weighted by molar-refractivity contribution is -0.134. The molecular weight excluding hydrogens is 320 g/mol. The number of aliphatic hydroxyl groups excluding tert-OH is 1. The lowest BCUT2D eigenvalue weighted by atomic mass is 10.1. The monoisotopic (exact) mass is 344 g/mol. The minimum Gasteiger partial charge on any atom is -0.486 e. The Kier molecular flexibility index (Phi) is 5.33. The van der Waals surface area contributed by atoms with E-state index in [2.05, 4.69) is 10.1 Å². The van der Waals surface area contributed by atoms with Gasteiger partial charge in [-0.25, -0.2) is 0 Å². The van der Waals surface area contributed by atoms with Crippen LogP contribution in [0.3, 0.4) is 0 Å². The summed E-state index contributed by atoms with van der Waals surface area (Å²) in [6, 6.07) is 5.29. The molecule has 7 heteroatoms. The number of hydrogen-bond donors (Lipinski definition) is 1. The molecule has 134 valence electrons. The van der Waals surface area contributed by atoms with E-state index < -0.39 is 6.10 Å². The first kappa shape index (κ1) is 17.4. The first-order valence-corrected chi connectivity index (χ1v) is 8.55. The van der Waals surface area contributed by atoms with E-state index in [4.69, 9.17) is 4.74 Å². The van der Waals surface area contributed by atoms with Crippen molar-refractivity contribution in [2.45, 2.75) is 51.0 Å². The Bertz CT molecular complexity index is 703. The lowest BCUT2D eigenvalue weighted by Crippen LogP contribution is -2.45. The standard InChI is InChI=1S/C18H24N4O3/c1-13-7-10-22(20-13)11-8-17(23)21(2)15-5-6-16(18(15)24)25-14-4-3-9-19-12-14/h3-4,7,9-10,12,15-16,18,24H,5-6,8,11H2,1-2H3/t15-,16-,18-/m1/s1. The van der Waals surface area contributed by atoms with Crippen molar-refractivity contribution in [1.82, 2.24) is 19.7 Å². The zero-order valence-electron chi connectivity index (χ0n) is 14.6. The van der Waals surface area contributed by atoms with Gasteiger partial charge in [0.25, 0.3) is 0 Å². The molecule has 1 fully saturated rings. The van der Waals surface area contributed by atoms with Crippen LogP contribution in [0, 0.1) is 6.92 Å². The fourth-order valence-corrected chi connectivity index (χ4v) is 3.23. The van der Waals surface area contributed by atoms with E-state index in [1.165, 1.54) is 0 Å². The number of aromatic nitrogens is 3. The summed E-state index contributed by atoms with van der Waals surface area (Å²) in [5.41, 5.74) is 0.933. The van der Waals surface area contributed by atoms with Crippen LogP contribution in [0.15, 0.2) is 36.8 Å². The van der Waals surface area contributed by atoms with Crippen LogP contribution in [-0.4, -0.2) is 56.0 Å². The summed E-state index contributed by atoms with van der Waals surface area (Å²) in [6.07, 6.45) is 5.92. The Hall–Kier alpha value is -2.41. The van der Waals surface area contributed by atoms with Gasteiger partial charge in [0.05, 0.1) is 17.9 Å². The summed E-state index contributed by atoms with van der Waals surface area (Å²) in [7, 11) is 1.75. The number of likely N-dealkylation sites (N-methyl/N-ethyl adjacent to an activating group) is 1. The fourth-order valence-electron chi connectivity index (χ4n) is 3.23. The molecule has 2 aromatic rings. The van der Waals surface area contributed by atoms with Crippen molar-refractivity contribution in [3.8, 4) is 5.75 Å². The van der Waals surface area contributed by atoms with E-state index in [1.807, 2.05) is 25.3 Å². The van der Waals surface area contributed by atoms with Gasteiger partial charge >= 0.3 is 0 Å². The van der Waals surface area contributed by atoms with Gasteiger partial charge in [0, 0.05) is 32.4 Å². The summed E-state index contributed by atoms with van der Waals surface area (Å²) in [6.45, 7) is 2.46. The smallest absolute Gasteiger partial charge is 0.224 e. The molecule has 0 aromatic carbocycles. The normalized spacial score (nSPS) is 22.8. The maximum absolute atomic E-state index is 12.4. The molecule has 1 saturated carbocycles. The van der Waals surface area contributed by atoms with E-state index in [1.54, 1.807) is 35.1 Å². The third-order valence-electron chi connectivity index (χ3n) is 4.66. The molecule has 0 spiro atoms. The summed E-state index contributed by atoms with van der Waals surface area (Å²) in [4.78, 5) is 18.1. The topological polar surface area (TPSA) is 80.5 Å². The number of aryl methyl sites for hydroxylation is 2. The molecule has 1 N–H and O–H groups in total. The van der Waals surface area contributed by atoms with Crippen LogP contribution in [0.25, 0.3) is 0 Å². The van der Waals surface area contributed by atoms with E-state index in [0.29, 0.717) is 25.1 Å². The van der Waals surface area contributed by atoms with Gasteiger partial charge in [-0.15, -0.1) is 0 Å². The molecule has 3 rings (SSSR count). The quantitative estimate of drug-likeness (QED) is 0.857. The highest BCUT2D eigenvalue weighted by atomic mass is 16.5. The molecule has 0 saturated heterocycles. The van der Waals surface area contributed by atoms with Crippen LogP contribution in [0.1, 0.15) is 25.0 Å². The van der Waals surface area contributed by atoms with Gasteiger partial charge in [-0.1, -0.05) is 0 Å². The van der Waals surface area contributed by atoms with Crippen molar-refractivity contribution in [1.29, 1.82) is 0 Å². The lowest BCUT2D eigenvalue weighted by Gasteiger charge is -2.28. The molecule has 0 unspecified atom stereocenters. The van der Waals surface area contributed by atoms with Gasteiger partial charge in [0.15, 0.2) is 0 Å². The predicted octanol–water partition coefficient (Wildman–Crippen LogP) is 1.41. The highest BCUT2D eigenvalue weighted by molar-refractivity contribution is 5.76. The van der Waals surface area contributed by atoms with Crippen LogP contribution in [-0.2, 0) is 11.3 Å². The summed E-state index contributed by atoms with van der Waals surface area (Å²) in [5, 5.41) is 14.8. The van der Waals surface area contributed by atoms with Gasteiger partial charge in [-0.05, 0) is 38.0 Å². The van der Waals surface area contributed by atoms with E-state index in [0.717, 1.165) is 12.1 Å². The first-order valence-electron chi connectivity index (χ1n) is 8.55. The number of amides is 1. The average Bonchev–Trinajstić information content (AvgIpc) is 3.19.